The Morgan fingerprint density at radius 1 is 1.26 bits per heavy atom. The molecule has 0 spiro atoms. The van der Waals surface area contributed by atoms with Gasteiger partial charge >= 0.3 is 0 Å². The fraction of sp³-hybridized carbons (Fsp3) is 0.400. The van der Waals surface area contributed by atoms with Crippen molar-refractivity contribution in [3.8, 4) is 11.3 Å². The minimum atomic E-state index is -0.213. The third-order valence-electron chi connectivity index (χ3n) is 2.79. The van der Waals surface area contributed by atoms with E-state index in [2.05, 4.69) is 31.1 Å². The summed E-state index contributed by atoms with van der Waals surface area (Å²) in [6.45, 7) is 8.21. The highest BCUT2D eigenvalue weighted by molar-refractivity contribution is 7.12. The molecular formula is C15H19FN2S. The lowest BCUT2D eigenvalue weighted by molar-refractivity contribution is 0.551. The van der Waals surface area contributed by atoms with Gasteiger partial charge in [-0.1, -0.05) is 13.8 Å². The number of halogens is 1. The van der Waals surface area contributed by atoms with Crippen LogP contribution in [0.15, 0.2) is 24.3 Å². The van der Waals surface area contributed by atoms with E-state index in [1.54, 1.807) is 23.5 Å². The third-order valence-corrected chi connectivity index (χ3v) is 3.76. The predicted molar refractivity (Wildman–Crippen MR) is 78.8 cm³/mol. The van der Waals surface area contributed by atoms with Crippen molar-refractivity contribution in [2.75, 3.05) is 6.54 Å². The number of benzene rings is 1. The second-order valence-corrected chi connectivity index (χ2v) is 6.33. The van der Waals surface area contributed by atoms with E-state index >= 15 is 0 Å². The number of hydrogen-bond donors (Lipinski definition) is 1. The number of rotatable bonds is 5. The third kappa shape index (κ3) is 3.85. The Labute approximate surface area is 117 Å². The molecule has 1 N–H and O–H groups in total. The van der Waals surface area contributed by atoms with Crippen LogP contribution in [0.4, 0.5) is 4.39 Å². The minimum absolute atomic E-state index is 0.213. The number of aromatic nitrogens is 1. The molecule has 2 aromatic rings. The summed E-state index contributed by atoms with van der Waals surface area (Å²) < 4.78 is 12.9. The largest absolute Gasteiger partial charge is 0.310 e. The lowest BCUT2D eigenvalue weighted by Gasteiger charge is -2.04. The molecular weight excluding hydrogens is 259 g/mol. The van der Waals surface area contributed by atoms with Crippen LogP contribution in [0.5, 0.6) is 0 Å². The summed E-state index contributed by atoms with van der Waals surface area (Å²) in [6.07, 6.45) is 0. The maximum atomic E-state index is 12.9. The Morgan fingerprint density at radius 2 is 1.95 bits per heavy atom. The van der Waals surface area contributed by atoms with Gasteiger partial charge in [-0.05, 0) is 43.7 Å². The van der Waals surface area contributed by atoms with Crippen LogP contribution in [0, 0.1) is 18.7 Å². The van der Waals surface area contributed by atoms with Crippen LogP contribution < -0.4 is 5.32 Å². The molecule has 102 valence electrons. The fourth-order valence-corrected chi connectivity index (χ4v) is 2.80. The summed E-state index contributed by atoms with van der Waals surface area (Å²) in [7, 11) is 0. The van der Waals surface area contributed by atoms with Gasteiger partial charge in [0.2, 0.25) is 0 Å². The Bertz CT molecular complexity index is 532. The van der Waals surface area contributed by atoms with Crippen molar-refractivity contribution in [3.63, 3.8) is 0 Å². The average molecular weight is 278 g/mol. The van der Waals surface area contributed by atoms with Crippen LogP contribution >= 0.6 is 11.3 Å². The first kappa shape index (κ1) is 14.2. The van der Waals surface area contributed by atoms with Gasteiger partial charge in [-0.3, -0.25) is 0 Å². The zero-order chi connectivity index (χ0) is 13.8. The highest BCUT2D eigenvalue weighted by atomic mass is 32.1. The molecule has 0 amide bonds. The van der Waals surface area contributed by atoms with E-state index < -0.39 is 0 Å². The van der Waals surface area contributed by atoms with E-state index in [1.807, 2.05) is 0 Å². The minimum Gasteiger partial charge on any atom is -0.310 e. The van der Waals surface area contributed by atoms with Gasteiger partial charge in [0.1, 0.15) is 10.8 Å². The van der Waals surface area contributed by atoms with Gasteiger partial charge in [-0.2, -0.15) is 0 Å². The van der Waals surface area contributed by atoms with Crippen molar-refractivity contribution in [1.29, 1.82) is 0 Å². The van der Waals surface area contributed by atoms with Crippen molar-refractivity contribution < 1.29 is 4.39 Å². The Morgan fingerprint density at radius 3 is 2.58 bits per heavy atom. The molecule has 0 aliphatic heterocycles. The number of aryl methyl sites for hydroxylation is 1. The molecule has 4 heteroatoms. The molecule has 1 aromatic carbocycles. The van der Waals surface area contributed by atoms with Crippen molar-refractivity contribution in [1.82, 2.24) is 10.3 Å². The molecule has 0 bridgehead atoms. The molecule has 1 aromatic heterocycles. The van der Waals surface area contributed by atoms with E-state index in [0.29, 0.717) is 5.92 Å². The van der Waals surface area contributed by atoms with Gasteiger partial charge in [0.25, 0.3) is 0 Å². The summed E-state index contributed by atoms with van der Waals surface area (Å²) in [5.41, 5.74) is 1.94. The van der Waals surface area contributed by atoms with E-state index in [-0.39, 0.29) is 5.82 Å². The Kier molecular flexibility index (Phi) is 4.66. The number of nitrogens with one attached hydrogen (secondary N) is 1. The van der Waals surface area contributed by atoms with Crippen LogP contribution in [0.3, 0.4) is 0 Å². The number of nitrogens with zero attached hydrogens (tertiary/aromatic N) is 1. The van der Waals surface area contributed by atoms with Crippen LogP contribution in [-0.4, -0.2) is 11.5 Å². The van der Waals surface area contributed by atoms with E-state index in [0.717, 1.165) is 29.4 Å². The van der Waals surface area contributed by atoms with Gasteiger partial charge in [0.15, 0.2) is 0 Å². The van der Waals surface area contributed by atoms with Gasteiger partial charge < -0.3 is 5.32 Å². The molecule has 0 saturated heterocycles. The van der Waals surface area contributed by atoms with Gasteiger partial charge in [0.05, 0.1) is 5.69 Å². The molecule has 2 nitrogen and oxygen atoms in total. The molecule has 0 unspecified atom stereocenters. The maximum Gasteiger partial charge on any atom is 0.123 e. The Hall–Kier alpha value is -1.26. The topological polar surface area (TPSA) is 24.9 Å². The molecule has 0 radical (unpaired) electrons. The second kappa shape index (κ2) is 6.26. The molecule has 0 aliphatic rings. The number of thiazole rings is 1. The summed E-state index contributed by atoms with van der Waals surface area (Å²) >= 11 is 1.70. The summed E-state index contributed by atoms with van der Waals surface area (Å²) in [5, 5.41) is 4.47. The first-order chi connectivity index (χ1) is 9.06. The average Bonchev–Trinajstić information content (AvgIpc) is 2.71. The zero-order valence-corrected chi connectivity index (χ0v) is 12.4. The van der Waals surface area contributed by atoms with Crippen molar-refractivity contribution in [2.45, 2.75) is 27.3 Å². The van der Waals surface area contributed by atoms with E-state index in [4.69, 9.17) is 0 Å². The van der Waals surface area contributed by atoms with E-state index in [9.17, 15) is 4.39 Å². The fourth-order valence-electron chi connectivity index (χ4n) is 1.87. The summed E-state index contributed by atoms with van der Waals surface area (Å²) in [5.74, 6) is 0.424. The SMILES string of the molecule is Cc1sc(CNCC(C)C)nc1-c1ccc(F)cc1. The lowest BCUT2D eigenvalue weighted by Crippen LogP contribution is -2.18. The van der Waals surface area contributed by atoms with E-state index in [1.165, 1.54) is 17.0 Å². The second-order valence-electron chi connectivity index (χ2n) is 5.04. The normalized spacial score (nSPS) is 11.2. The van der Waals surface area contributed by atoms with Crippen molar-refractivity contribution >= 4 is 11.3 Å². The van der Waals surface area contributed by atoms with Crippen molar-refractivity contribution in [3.05, 3.63) is 40.0 Å². The molecule has 0 fully saturated rings. The standard InChI is InChI=1S/C15H19FN2S/c1-10(2)8-17-9-14-18-15(11(3)19-14)12-4-6-13(16)7-5-12/h4-7,10,17H,8-9H2,1-3H3. The van der Waals surface area contributed by atoms with Crippen LogP contribution in [0.2, 0.25) is 0 Å². The Balaban J connectivity index is 2.10. The highest BCUT2D eigenvalue weighted by Gasteiger charge is 2.09. The first-order valence-corrected chi connectivity index (χ1v) is 7.31. The lowest BCUT2D eigenvalue weighted by atomic mass is 10.1. The molecule has 19 heavy (non-hydrogen) atoms. The predicted octanol–water partition coefficient (Wildman–Crippen LogP) is 4.00. The summed E-state index contributed by atoms with van der Waals surface area (Å²) in [4.78, 5) is 5.81. The molecule has 2 rings (SSSR count). The van der Waals surface area contributed by atoms with Gasteiger partial charge in [-0.25, -0.2) is 9.37 Å². The molecule has 1 heterocycles. The number of hydrogen-bond acceptors (Lipinski definition) is 3. The van der Waals surface area contributed by atoms with Crippen LogP contribution in [0.25, 0.3) is 11.3 Å². The smallest absolute Gasteiger partial charge is 0.123 e. The quantitative estimate of drug-likeness (QED) is 0.894. The highest BCUT2D eigenvalue weighted by Crippen LogP contribution is 2.27. The summed E-state index contributed by atoms with van der Waals surface area (Å²) in [6, 6.07) is 6.51. The monoisotopic (exact) mass is 278 g/mol. The molecule has 0 aliphatic carbocycles. The van der Waals surface area contributed by atoms with Gasteiger partial charge in [-0.15, -0.1) is 11.3 Å². The molecule has 0 atom stereocenters. The maximum absolute atomic E-state index is 12.9. The van der Waals surface area contributed by atoms with Gasteiger partial charge in [0, 0.05) is 17.0 Å². The van der Waals surface area contributed by atoms with Crippen molar-refractivity contribution in [2.24, 2.45) is 5.92 Å². The van der Waals surface area contributed by atoms with Crippen LogP contribution in [0.1, 0.15) is 23.7 Å². The molecule has 0 saturated carbocycles. The first-order valence-electron chi connectivity index (χ1n) is 6.49. The zero-order valence-electron chi connectivity index (χ0n) is 11.5. The van der Waals surface area contributed by atoms with Crippen LogP contribution in [-0.2, 0) is 6.54 Å².